The zero-order valence-corrected chi connectivity index (χ0v) is 13.0. The lowest BCUT2D eigenvalue weighted by Crippen LogP contribution is -2.43. The minimum absolute atomic E-state index is 0.0148. The molecule has 2 rings (SSSR count). The average molecular weight is 288 g/mol. The molecule has 2 amide bonds. The number of amides is 2. The van der Waals surface area contributed by atoms with Gasteiger partial charge < -0.3 is 9.80 Å². The highest BCUT2D eigenvalue weighted by Gasteiger charge is 2.26. The maximum atomic E-state index is 11.9. The topological polar surface area (TPSA) is 56.8 Å². The van der Waals surface area contributed by atoms with Crippen molar-refractivity contribution in [1.29, 1.82) is 0 Å². The molecule has 0 radical (unpaired) electrons. The minimum Gasteiger partial charge on any atom is -0.383 e. The van der Waals surface area contributed by atoms with Gasteiger partial charge in [-0.2, -0.15) is 0 Å². The first-order chi connectivity index (χ1) is 9.81. The van der Waals surface area contributed by atoms with E-state index in [1.807, 2.05) is 25.1 Å². The van der Waals surface area contributed by atoms with Crippen molar-refractivity contribution in [2.75, 3.05) is 33.1 Å². The summed E-state index contributed by atoms with van der Waals surface area (Å²) in [5, 5.41) is 0. The molecule has 0 bridgehead atoms. The van der Waals surface area contributed by atoms with Gasteiger partial charge in [0.25, 0.3) is 0 Å². The van der Waals surface area contributed by atoms with Gasteiger partial charge >= 0.3 is 6.03 Å². The molecular weight excluding hydrogens is 268 g/mol. The van der Waals surface area contributed by atoms with E-state index in [4.69, 9.17) is 0 Å². The second-order valence-corrected chi connectivity index (χ2v) is 5.47. The van der Waals surface area contributed by atoms with Crippen LogP contribution in [0.5, 0.6) is 0 Å². The van der Waals surface area contributed by atoms with Crippen LogP contribution in [0.4, 0.5) is 10.6 Å². The quantitative estimate of drug-likeness (QED) is 0.792. The molecule has 0 atom stereocenters. The van der Waals surface area contributed by atoms with E-state index in [9.17, 15) is 9.59 Å². The number of urea groups is 1. The molecule has 0 aliphatic carbocycles. The van der Waals surface area contributed by atoms with Gasteiger partial charge in [-0.25, -0.2) is 9.78 Å². The SMILES string of the molecule is CC(=O)C(=CN(C)C)c1cnc2c(c1)CN(C)C(=O)N2C. The third-order valence-electron chi connectivity index (χ3n) is 3.36. The van der Waals surface area contributed by atoms with Gasteiger partial charge in [0.15, 0.2) is 5.78 Å². The second-order valence-electron chi connectivity index (χ2n) is 5.47. The number of allylic oxidation sites excluding steroid dienone is 1. The number of carbonyl (C=O) groups excluding carboxylic acids is 2. The Balaban J connectivity index is 2.48. The van der Waals surface area contributed by atoms with E-state index in [1.165, 1.54) is 11.8 Å². The van der Waals surface area contributed by atoms with Gasteiger partial charge in [0.1, 0.15) is 5.82 Å². The summed E-state index contributed by atoms with van der Waals surface area (Å²) in [6.45, 7) is 2.03. The number of carbonyl (C=O) groups is 2. The van der Waals surface area contributed by atoms with E-state index in [2.05, 4.69) is 4.98 Å². The van der Waals surface area contributed by atoms with E-state index < -0.39 is 0 Å². The van der Waals surface area contributed by atoms with Crippen molar-refractivity contribution >= 4 is 23.2 Å². The Morgan fingerprint density at radius 2 is 2.05 bits per heavy atom. The Labute approximate surface area is 124 Å². The number of hydrogen-bond acceptors (Lipinski definition) is 4. The molecule has 0 saturated carbocycles. The summed E-state index contributed by atoms with van der Waals surface area (Å²) in [5.74, 6) is 0.633. The van der Waals surface area contributed by atoms with Gasteiger partial charge in [0.05, 0.1) is 6.54 Å². The van der Waals surface area contributed by atoms with Crippen molar-refractivity contribution < 1.29 is 9.59 Å². The van der Waals surface area contributed by atoms with Crippen LogP contribution >= 0.6 is 0 Å². The smallest absolute Gasteiger partial charge is 0.325 e. The normalized spacial score (nSPS) is 15.1. The minimum atomic E-state index is -0.0848. The molecule has 112 valence electrons. The van der Waals surface area contributed by atoms with Crippen molar-refractivity contribution in [3.8, 4) is 0 Å². The highest BCUT2D eigenvalue weighted by molar-refractivity contribution is 6.19. The highest BCUT2D eigenvalue weighted by Crippen LogP contribution is 2.27. The molecule has 0 aromatic carbocycles. The van der Waals surface area contributed by atoms with Gasteiger partial charge in [0, 0.05) is 57.3 Å². The summed E-state index contributed by atoms with van der Waals surface area (Å²) >= 11 is 0. The average Bonchev–Trinajstić information content (AvgIpc) is 2.41. The third-order valence-corrected chi connectivity index (χ3v) is 3.36. The maximum absolute atomic E-state index is 11.9. The Morgan fingerprint density at radius 3 is 2.62 bits per heavy atom. The molecule has 2 heterocycles. The number of ketones is 1. The summed E-state index contributed by atoms with van der Waals surface area (Å²) in [6.07, 6.45) is 3.43. The van der Waals surface area contributed by atoms with E-state index in [0.29, 0.717) is 17.9 Å². The third kappa shape index (κ3) is 2.89. The number of hydrogen-bond donors (Lipinski definition) is 0. The summed E-state index contributed by atoms with van der Waals surface area (Å²) < 4.78 is 0. The Morgan fingerprint density at radius 1 is 1.38 bits per heavy atom. The molecule has 0 unspecified atom stereocenters. The molecule has 0 saturated heterocycles. The molecule has 1 aliphatic rings. The van der Waals surface area contributed by atoms with Crippen molar-refractivity contribution in [2.45, 2.75) is 13.5 Å². The molecule has 0 fully saturated rings. The standard InChI is InChI=1S/C15H20N4O2/c1-10(20)13(9-17(2)3)11-6-12-8-18(4)15(21)19(5)14(12)16-7-11/h6-7,9H,8H2,1-5H3. The fraction of sp³-hybridized carbons (Fsp3) is 0.400. The summed E-state index contributed by atoms with van der Waals surface area (Å²) in [6, 6.07) is 1.84. The molecule has 0 N–H and O–H groups in total. The number of pyridine rings is 1. The van der Waals surface area contributed by atoms with Gasteiger partial charge in [-0.1, -0.05) is 0 Å². The Bertz CT molecular complexity index is 622. The number of rotatable bonds is 3. The highest BCUT2D eigenvalue weighted by atomic mass is 16.2. The van der Waals surface area contributed by atoms with Crippen LogP contribution in [0.25, 0.3) is 5.57 Å². The number of aromatic nitrogens is 1. The fourth-order valence-electron chi connectivity index (χ4n) is 2.37. The maximum Gasteiger partial charge on any atom is 0.325 e. The van der Waals surface area contributed by atoms with Crippen molar-refractivity contribution in [3.05, 3.63) is 29.6 Å². The Kier molecular flexibility index (Phi) is 3.97. The van der Waals surface area contributed by atoms with Crippen LogP contribution in [-0.4, -0.2) is 54.8 Å². The molecule has 1 aliphatic heterocycles. The second kappa shape index (κ2) is 5.55. The molecule has 6 nitrogen and oxygen atoms in total. The lowest BCUT2D eigenvalue weighted by molar-refractivity contribution is -0.111. The zero-order chi connectivity index (χ0) is 15.7. The number of fused-ring (bicyclic) bond motifs is 1. The first kappa shape index (κ1) is 15.0. The lowest BCUT2D eigenvalue weighted by atomic mass is 10.0. The van der Waals surface area contributed by atoms with E-state index in [0.717, 1.165) is 11.1 Å². The monoisotopic (exact) mass is 288 g/mol. The first-order valence-electron chi connectivity index (χ1n) is 6.68. The van der Waals surface area contributed by atoms with Gasteiger partial charge in [-0.15, -0.1) is 0 Å². The van der Waals surface area contributed by atoms with Crippen molar-refractivity contribution in [3.63, 3.8) is 0 Å². The first-order valence-corrected chi connectivity index (χ1v) is 6.68. The Hall–Kier alpha value is -2.37. The van der Waals surface area contributed by atoms with E-state index in [1.54, 1.807) is 31.4 Å². The van der Waals surface area contributed by atoms with Crippen LogP contribution in [0, 0.1) is 0 Å². The predicted molar refractivity (Wildman–Crippen MR) is 81.8 cm³/mol. The lowest BCUT2D eigenvalue weighted by Gasteiger charge is -2.31. The molecule has 0 spiro atoms. The summed E-state index contributed by atoms with van der Waals surface area (Å²) in [4.78, 5) is 33.1. The van der Waals surface area contributed by atoms with Gasteiger partial charge in [-0.05, 0) is 13.0 Å². The largest absolute Gasteiger partial charge is 0.383 e. The number of nitrogens with zero attached hydrogens (tertiary/aromatic N) is 4. The van der Waals surface area contributed by atoms with Crippen molar-refractivity contribution in [1.82, 2.24) is 14.8 Å². The van der Waals surface area contributed by atoms with Crippen LogP contribution < -0.4 is 4.90 Å². The predicted octanol–water partition coefficient (Wildman–Crippen LogP) is 1.57. The van der Waals surface area contributed by atoms with Crippen molar-refractivity contribution in [2.24, 2.45) is 0 Å². The molecule has 6 heteroatoms. The molecule has 21 heavy (non-hydrogen) atoms. The van der Waals surface area contributed by atoms with Crippen LogP contribution in [0.2, 0.25) is 0 Å². The van der Waals surface area contributed by atoms with Crippen LogP contribution in [0.15, 0.2) is 18.5 Å². The van der Waals surface area contributed by atoms with Crippen LogP contribution in [0.3, 0.4) is 0 Å². The van der Waals surface area contributed by atoms with E-state index >= 15 is 0 Å². The zero-order valence-electron chi connectivity index (χ0n) is 13.0. The van der Waals surface area contributed by atoms with Gasteiger partial charge in [-0.3, -0.25) is 9.69 Å². The molecule has 1 aromatic heterocycles. The van der Waals surface area contributed by atoms with E-state index in [-0.39, 0.29) is 11.8 Å². The summed E-state index contributed by atoms with van der Waals surface area (Å²) in [5.41, 5.74) is 2.31. The van der Waals surface area contributed by atoms with Crippen LogP contribution in [-0.2, 0) is 11.3 Å². The van der Waals surface area contributed by atoms with Gasteiger partial charge in [0.2, 0.25) is 0 Å². The number of Topliss-reactive ketones (excluding diaryl/α,β-unsaturated/α-hetero) is 1. The summed E-state index contributed by atoms with van der Waals surface area (Å²) in [7, 11) is 7.19. The fourth-order valence-corrected chi connectivity index (χ4v) is 2.37. The van der Waals surface area contributed by atoms with Crippen LogP contribution in [0.1, 0.15) is 18.1 Å². The molecule has 1 aromatic rings. The molecular formula is C15H20N4O2. The number of anilines is 1.